The first-order valence-corrected chi connectivity index (χ1v) is 4.75. The fourth-order valence-electron chi connectivity index (χ4n) is 1.34. The smallest absolute Gasteiger partial charge is 0.134 e. The molecule has 1 aromatic carbocycles. The molecule has 0 heterocycles. The third-order valence-corrected chi connectivity index (χ3v) is 2.28. The van der Waals surface area contributed by atoms with Gasteiger partial charge in [0, 0.05) is 17.0 Å². The third-order valence-electron chi connectivity index (χ3n) is 1.94. The van der Waals surface area contributed by atoms with Crippen LogP contribution in [0.4, 0.5) is 0 Å². The van der Waals surface area contributed by atoms with Crippen LogP contribution in [0.2, 0.25) is 5.02 Å². The van der Waals surface area contributed by atoms with E-state index in [0.717, 1.165) is 11.1 Å². The molecule has 0 unspecified atom stereocenters. The van der Waals surface area contributed by atoms with Crippen molar-refractivity contribution >= 4 is 17.4 Å². The van der Waals surface area contributed by atoms with E-state index in [9.17, 15) is 4.79 Å². The van der Waals surface area contributed by atoms with Gasteiger partial charge in [0.2, 0.25) is 0 Å². The minimum Gasteiger partial charge on any atom is -0.496 e. The van der Waals surface area contributed by atoms with Gasteiger partial charge < -0.3 is 4.74 Å². The van der Waals surface area contributed by atoms with Gasteiger partial charge in [0.1, 0.15) is 11.5 Å². The number of hydrogen-bond donors (Lipinski definition) is 0. The molecule has 0 atom stereocenters. The van der Waals surface area contributed by atoms with Crippen molar-refractivity contribution in [2.45, 2.75) is 20.3 Å². The van der Waals surface area contributed by atoms with Gasteiger partial charge in [0.05, 0.1) is 7.11 Å². The number of aryl methyl sites for hydroxylation is 1. The largest absolute Gasteiger partial charge is 0.496 e. The van der Waals surface area contributed by atoms with E-state index >= 15 is 0 Å². The Labute approximate surface area is 88.8 Å². The maximum absolute atomic E-state index is 11.0. The summed E-state index contributed by atoms with van der Waals surface area (Å²) in [5, 5.41) is 0.594. The molecule has 0 aliphatic rings. The van der Waals surface area contributed by atoms with Crippen molar-refractivity contribution in [2.24, 2.45) is 0 Å². The zero-order valence-corrected chi connectivity index (χ0v) is 9.31. The molecule has 1 rings (SSSR count). The maximum atomic E-state index is 11.0. The first kappa shape index (κ1) is 11.1. The van der Waals surface area contributed by atoms with E-state index in [4.69, 9.17) is 16.3 Å². The highest BCUT2D eigenvalue weighted by Crippen LogP contribution is 2.28. The second-order valence-corrected chi connectivity index (χ2v) is 3.71. The normalized spacial score (nSPS) is 10.0. The van der Waals surface area contributed by atoms with Gasteiger partial charge in [-0.05, 0) is 31.5 Å². The number of methoxy groups -OCH3 is 1. The van der Waals surface area contributed by atoms with Crippen molar-refractivity contribution in [2.75, 3.05) is 7.11 Å². The number of hydrogen-bond acceptors (Lipinski definition) is 2. The standard InChI is InChI=1S/C11H13ClO2/c1-7-4-10(12)9(6-8(2)13)11(5-7)14-3/h4-5H,6H2,1-3H3. The number of ether oxygens (including phenoxy) is 1. The molecule has 14 heavy (non-hydrogen) atoms. The lowest BCUT2D eigenvalue weighted by Crippen LogP contribution is -2.01. The summed E-state index contributed by atoms with van der Waals surface area (Å²) in [6, 6.07) is 3.71. The maximum Gasteiger partial charge on any atom is 0.134 e. The van der Waals surface area contributed by atoms with Gasteiger partial charge in [-0.3, -0.25) is 4.79 Å². The van der Waals surface area contributed by atoms with Crippen LogP contribution in [0.25, 0.3) is 0 Å². The SMILES string of the molecule is COc1cc(C)cc(Cl)c1CC(C)=O. The number of carbonyl (C=O) groups is 1. The molecule has 0 fully saturated rings. The van der Waals surface area contributed by atoms with Crippen LogP contribution in [0.5, 0.6) is 5.75 Å². The van der Waals surface area contributed by atoms with Crippen LogP contribution in [-0.4, -0.2) is 12.9 Å². The Morgan fingerprint density at radius 2 is 2.14 bits per heavy atom. The van der Waals surface area contributed by atoms with Crippen LogP contribution < -0.4 is 4.74 Å². The van der Waals surface area contributed by atoms with Crippen molar-refractivity contribution in [1.29, 1.82) is 0 Å². The van der Waals surface area contributed by atoms with Crippen LogP contribution >= 0.6 is 11.6 Å². The number of Topliss-reactive ketones (excluding diaryl/α,β-unsaturated/α-hetero) is 1. The number of ketones is 1. The van der Waals surface area contributed by atoms with Crippen molar-refractivity contribution < 1.29 is 9.53 Å². The van der Waals surface area contributed by atoms with E-state index in [1.807, 2.05) is 19.1 Å². The molecule has 0 spiro atoms. The molecule has 76 valence electrons. The monoisotopic (exact) mass is 212 g/mol. The fourth-order valence-corrected chi connectivity index (χ4v) is 1.67. The van der Waals surface area contributed by atoms with Crippen molar-refractivity contribution in [1.82, 2.24) is 0 Å². The second kappa shape index (κ2) is 4.47. The van der Waals surface area contributed by atoms with Gasteiger partial charge in [-0.25, -0.2) is 0 Å². The fraction of sp³-hybridized carbons (Fsp3) is 0.364. The van der Waals surface area contributed by atoms with E-state index in [2.05, 4.69) is 0 Å². The van der Waals surface area contributed by atoms with Crippen LogP contribution in [0.3, 0.4) is 0 Å². The summed E-state index contributed by atoms with van der Waals surface area (Å²) in [5.41, 5.74) is 1.80. The van der Waals surface area contributed by atoms with Gasteiger partial charge in [-0.2, -0.15) is 0 Å². The molecule has 0 radical (unpaired) electrons. The molecular weight excluding hydrogens is 200 g/mol. The van der Waals surface area contributed by atoms with E-state index < -0.39 is 0 Å². The lowest BCUT2D eigenvalue weighted by molar-refractivity contribution is -0.116. The van der Waals surface area contributed by atoms with Gasteiger partial charge in [0.25, 0.3) is 0 Å². The average Bonchev–Trinajstić information content (AvgIpc) is 2.08. The zero-order valence-electron chi connectivity index (χ0n) is 8.56. The molecule has 0 aromatic heterocycles. The molecule has 3 heteroatoms. The summed E-state index contributed by atoms with van der Waals surface area (Å²) in [4.78, 5) is 11.0. The molecule has 0 N–H and O–H groups in total. The molecule has 0 aliphatic carbocycles. The Balaban J connectivity index is 3.18. The van der Waals surface area contributed by atoms with Gasteiger partial charge in [-0.1, -0.05) is 11.6 Å². The average molecular weight is 213 g/mol. The molecule has 1 aromatic rings. The van der Waals surface area contributed by atoms with E-state index in [0.29, 0.717) is 17.2 Å². The quantitative estimate of drug-likeness (QED) is 0.770. The van der Waals surface area contributed by atoms with Crippen LogP contribution in [-0.2, 0) is 11.2 Å². The van der Waals surface area contributed by atoms with Gasteiger partial charge in [-0.15, -0.1) is 0 Å². The summed E-state index contributed by atoms with van der Waals surface area (Å²) in [7, 11) is 1.58. The van der Waals surface area contributed by atoms with E-state index in [1.165, 1.54) is 6.92 Å². The summed E-state index contributed by atoms with van der Waals surface area (Å²) in [6.07, 6.45) is 0.322. The van der Waals surface area contributed by atoms with Crippen molar-refractivity contribution in [3.63, 3.8) is 0 Å². The van der Waals surface area contributed by atoms with Gasteiger partial charge in [0.15, 0.2) is 0 Å². The first-order valence-electron chi connectivity index (χ1n) is 4.37. The molecular formula is C11H13ClO2. The highest BCUT2D eigenvalue weighted by molar-refractivity contribution is 6.31. The third kappa shape index (κ3) is 2.48. The first-order chi connectivity index (χ1) is 6.54. The molecule has 0 amide bonds. The number of halogens is 1. The van der Waals surface area contributed by atoms with Crippen LogP contribution in [0.1, 0.15) is 18.1 Å². The highest BCUT2D eigenvalue weighted by Gasteiger charge is 2.10. The van der Waals surface area contributed by atoms with Crippen LogP contribution in [0.15, 0.2) is 12.1 Å². The Morgan fingerprint density at radius 3 is 2.64 bits per heavy atom. The molecule has 0 bridgehead atoms. The lowest BCUT2D eigenvalue weighted by Gasteiger charge is -2.10. The highest BCUT2D eigenvalue weighted by atomic mass is 35.5. The van der Waals surface area contributed by atoms with Crippen molar-refractivity contribution in [3.05, 3.63) is 28.3 Å². The van der Waals surface area contributed by atoms with E-state index in [1.54, 1.807) is 7.11 Å². The number of rotatable bonds is 3. The van der Waals surface area contributed by atoms with E-state index in [-0.39, 0.29) is 5.78 Å². The van der Waals surface area contributed by atoms with Gasteiger partial charge >= 0.3 is 0 Å². The Hall–Kier alpha value is -1.02. The minimum absolute atomic E-state index is 0.0778. The molecule has 0 saturated carbocycles. The Kier molecular flexibility index (Phi) is 3.53. The minimum atomic E-state index is 0.0778. The molecule has 2 nitrogen and oxygen atoms in total. The van der Waals surface area contributed by atoms with Crippen molar-refractivity contribution in [3.8, 4) is 5.75 Å². The topological polar surface area (TPSA) is 26.3 Å². The zero-order chi connectivity index (χ0) is 10.7. The predicted molar refractivity (Wildman–Crippen MR) is 57.1 cm³/mol. The summed E-state index contributed by atoms with van der Waals surface area (Å²) < 4.78 is 5.17. The number of benzene rings is 1. The molecule has 0 saturated heterocycles. The van der Waals surface area contributed by atoms with Crippen LogP contribution in [0, 0.1) is 6.92 Å². The summed E-state index contributed by atoms with van der Waals surface area (Å²) in [6.45, 7) is 3.47. The molecule has 0 aliphatic heterocycles. The lowest BCUT2D eigenvalue weighted by atomic mass is 10.1. The summed E-state index contributed by atoms with van der Waals surface area (Å²) >= 11 is 6.03. The Bertz CT molecular complexity index is 359. The Morgan fingerprint density at radius 1 is 1.50 bits per heavy atom. The predicted octanol–water partition coefficient (Wildman–Crippen LogP) is 2.79. The summed E-state index contributed by atoms with van der Waals surface area (Å²) in [5.74, 6) is 0.763. The number of carbonyl (C=O) groups excluding carboxylic acids is 1. The second-order valence-electron chi connectivity index (χ2n) is 3.31.